The van der Waals surface area contributed by atoms with Gasteiger partial charge < -0.3 is 9.88 Å². The third-order valence-corrected chi connectivity index (χ3v) is 5.21. The molecule has 2 heterocycles. The van der Waals surface area contributed by atoms with E-state index in [1.807, 2.05) is 47.4 Å². The summed E-state index contributed by atoms with van der Waals surface area (Å²) in [5.74, 6) is 0.0922. The van der Waals surface area contributed by atoms with Gasteiger partial charge in [-0.05, 0) is 36.2 Å². The molecule has 26 heavy (non-hydrogen) atoms. The van der Waals surface area contributed by atoms with E-state index in [0.717, 1.165) is 55.1 Å². The van der Waals surface area contributed by atoms with E-state index in [9.17, 15) is 4.79 Å². The van der Waals surface area contributed by atoms with Crippen molar-refractivity contribution in [3.63, 3.8) is 0 Å². The summed E-state index contributed by atoms with van der Waals surface area (Å²) in [6.45, 7) is 4.33. The van der Waals surface area contributed by atoms with Crippen LogP contribution in [0.3, 0.4) is 0 Å². The lowest BCUT2D eigenvalue weighted by Gasteiger charge is -2.21. The summed E-state index contributed by atoms with van der Waals surface area (Å²) in [4.78, 5) is 20.5. The number of aromatic amines is 1. The number of benzene rings is 2. The minimum absolute atomic E-state index is 0.0922. The molecule has 1 aliphatic heterocycles. The number of halogens is 1. The lowest BCUT2D eigenvalue weighted by atomic mass is 10.2. The number of carbonyl (C=O) groups excluding carboxylic acids is 1. The van der Waals surface area contributed by atoms with Gasteiger partial charge in [-0.2, -0.15) is 0 Å². The average Bonchev–Trinajstić information content (AvgIpc) is 2.96. The first-order valence-electron chi connectivity index (χ1n) is 9.03. The molecule has 1 fully saturated rings. The molecule has 5 heteroatoms. The number of hydrogen-bond acceptors (Lipinski definition) is 2. The highest BCUT2D eigenvalue weighted by Gasteiger charge is 2.21. The minimum atomic E-state index is 0.0922. The van der Waals surface area contributed by atoms with E-state index in [1.165, 1.54) is 5.56 Å². The Hall–Kier alpha value is -2.30. The van der Waals surface area contributed by atoms with Crippen LogP contribution in [0.4, 0.5) is 0 Å². The molecule has 2 aromatic carbocycles. The third kappa shape index (κ3) is 3.76. The zero-order valence-electron chi connectivity index (χ0n) is 14.6. The van der Waals surface area contributed by atoms with Crippen molar-refractivity contribution >= 4 is 28.4 Å². The zero-order chi connectivity index (χ0) is 17.9. The van der Waals surface area contributed by atoms with Crippen LogP contribution in [0.2, 0.25) is 5.02 Å². The molecule has 1 amide bonds. The van der Waals surface area contributed by atoms with Crippen LogP contribution >= 0.6 is 11.6 Å². The highest BCUT2D eigenvalue weighted by Crippen LogP contribution is 2.18. The predicted octanol–water partition coefficient (Wildman–Crippen LogP) is 4.17. The van der Waals surface area contributed by atoms with Gasteiger partial charge in [0, 0.05) is 48.6 Å². The second kappa shape index (κ2) is 7.52. The molecule has 0 spiro atoms. The van der Waals surface area contributed by atoms with Gasteiger partial charge in [0.05, 0.1) is 0 Å². The molecule has 0 bridgehead atoms. The molecule has 134 valence electrons. The standard InChI is InChI=1S/C21H22ClN3O/c22-18-8-6-16(7-9-18)15-24-10-3-11-25(13-12-24)21(26)20-14-17-4-1-2-5-19(17)23-20/h1-2,4-9,14,23H,3,10-13,15H2. The van der Waals surface area contributed by atoms with Crippen molar-refractivity contribution in [3.8, 4) is 0 Å². The fraction of sp³-hybridized carbons (Fsp3) is 0.286. The van der Waals surface area contributed by atoms with Crippen LogP contribution < -0.4 is 0 Å². The Morgan fingerprint density at radius 1 is 1.00 bits per heavy atom. The molecular formula is C21H22ClN3O. The van der Waals surface area contributed by atoms with Crippen LogP contribution in [0.1, 0.15) is 22.5 Å². The van der Waals surface area contributed by atoms with Crippen LogP contribution in [0.5, 0.6) is 0 Å². The van der Waals surface area contributed by atoms with E-state index in [-0.39, 0.29) is 5.91 Å². The summed E-state index contributed by atoms with van der Waals surface area (Å²) in [6, 6.07) is 18.0. The minimum Gasteiger partial charge on any atom is -0.351 e. The summed E-state index contributed by atoms with van der Waals surface area (Å²) in [7, 11) is 0. The molecule has 4 nitrogen and oxygen atoms in total. The third-order valence-electron chi connectivity index (χ3n) is 4.96. The summed E-state index contributed by atoms with van der Waals surface area (Å²) >= 11 is 5.96. The molecule has 0 atom stereocenters. The number of H-pyrrole nitrogens is 1. The zero-order valence-corrected chi connectivity index (χ0v) is 15.4. The maximum atomic E-state index is 12.9. The van der Waals surface area contributed by atoms with E-state index >= 15 is 0 Å². The molecule has 1 N–H and O–H groups in total. The van der Waals surface area contributed by atoms with E-state index in [0.29, 0.717) is 5.69 Å². The van der Waals surface area contributed by atoms with E-state index in [4.69, 9.17) is 11.6 Å². The number of carbonyl (C=O) groups is 1. The number of amides is 1. The molecule has 0 radical (unpaired) electrons. The average molecular weight is 368 g/mol. The summed E-state index contributed by atoms with van der Waals surface area (Å²) < 4.78 is 0. The number of fused-ring (bicyclic) bond motifs is 1. The molecule has 0 saturated carbocycles. The monoisotopic (exact) mass is 367 g/mol. The Balaban J connectivity index is 1.41. The number of para-hydroxylation sites is 1. The van der Waals surface area contributed by atoms with E-state index < -0.39 is 0 Å². The Morgan fingerprint density at radius 3 is 2.62 bits per heavy atom. The molecular weight excluding hydrogens is 346 g/mol. The maximum Gasteiger partial charge on any atom is 0.270 e. The Bertz CT molecular complexity index is 870. The van der Waals surface area contributed by atoms with Gasteiger partial charge in [-0.3, -0.25) is 9.69 Å². The molecule has 3 aromatic rings. The second-order valence-electron chi connectivity index (χ2n) is 6.82. The van der Waals surface area contributed by atoms with Crippen LogP contribution in [0, 0.1) is 0 Å². The van der Waals surface area contributed by atoms with Crippen LogP contribution in [-0.4, -0.2) is 46.9 Å². The van der Waals surface area contributed by atoms with Gasteiger partial charge in [-0.15, -0.1) is 0 Å². The van der Waals surface area contributed by atoms with Crippen molar-refractivity contribution in [2.75, 3.05) is 26.2 Å². The normalized spacial score (nSPS) is 16.0. The summed E-state index contributed by atoms with van der Waals surface area (Å²) in [5.41, 5.74) is 2.94. The molecule has 1 aromatic heterocycles. The van der Waals surface area contributed by atoms with Crippen molar-refractivity contribution in [1.82, 2.24) is 14.8 Å². The highest BCUT2D eigenvalue weighted by molar-refractivity contribution is 6.30. The van der Waals surface area contributed by atoms with E-state index in [2.05, 4.69) is 22.0 Å². The number of nitrogens with one attached hydrogen (secondary N) is 1. The van der Waals surface area contributed by atoms with Crippen molar-refractivity contribution in [2.24, 2.45) is 0 Å². The van der Waals surface area contributed by atoms with Crippen molar-refractivity contribution < 1.29 is 4.79 Å². The lowest BCUT2D eigenvalue weighted by Crippen LogP contribution is -2.35. The molecule has 4 rings (SSSR count). The molecule has 0 aliphatic carbocycles. The fourth-order valence-corrected chi connectivity index (χ4v) is 3.67. The molecule has 0 unspecified atom stereocenters. The van der Waals surface area contributed by atoms with Gasteiger partial charge in [0.1, 0.15) is 5.69 Å². The summed E-state index contributed by atoms with van der Waals surface area (Å²) in [6.07, 6.45) is 0.986. The molecule has 1 saturated heterocycles. The highest BCUT2D eigenvalue weighted by atomic mass is 35.5. The second-order valence-corrected chi connectivity index (χ2v) is 7.26. The number of nitrogens with zero attached hydrogens (tertiary/aromatic N) is 2. The predicted molar refractivity (Wildman–Crippen MR) is 106 cm³/mol. The first kappa shape index (κ1) is 17.1. The van der Waals surface area contributed by atoms with Crippen LogP contribution in [0.15, 0.2) is 54.6 Å². The first-order valence-corrected chi connectivity index (χ1v) is 9.41. The van der Waals surface area contributed by atoms with Gasteiger partial charge >= 0.3 is 0 Å². The number of aromatic nitrogens is 1. The Morgan fingerprint density at radius 2 is 1.81 bits per heavy atom. The van der Waals surface area contributed by atoms with Crippen molar-refractivity contribution in [3.05, 3.63) is 70.9 Å². The Labute approximate surface area is 158 Å². The maximum absolute atomic E-state index is 12.9. The lowest BCUT2D eigenvalue weighted by molar-refractivity contribution is 0.0756. The SMILES string of the molecule is O=C(c1cc2ccccc2[nH]1)N1CCCN(Cc2ccc(Cl)cc2)CC1. The summed E-state index contributed by atoms with van der Waals surface area (Å²) in [5, 5.41) is 1.84. The van der Waals surface area contributed by atoms with Crippen molar-refractivity contribution in [2.45, 2.75) is 13.0 Å². The largest absolute Gasteiger partial charge is 0.351 e. The van der Waals surface area contributed by atoms with Crippen LogP contribution in [-0.2, 0) is 6.54 Å². The fourth-order valence-electron chi connectivity index (χ4n) is 3.54. The van der Waals surface area contributed by atoms with Gasteiger partial charge in [-0.1, -0.05) is 41.9 Å². The Kier molecular flexibility index (Phi) is 4.96. The first-order chi connectivity index (χ1) is 12.7. The van der Waals surface area contributed by atoms with Gasteiger partial charge in [0.15, 0.2) is 0 Å². The number of hydrogen-bond donors (Lipinski definition) is 1. The molecule has 1 aliphatic rings. The quantitative estimate of drug-likeness (QED) is 0.754. The topological polar surface area (TPSA) is 39.3 Å². The smallest absolute Gasteiger partial charge is 0.270 e. The van der Waals surface area contributed by atoms with Gasteiger partial charge in [0.25, 0.3) is 5.91 Å². The van der Waals surface area contributed by atoms with Crippen LogP contribution in [0.25, 0.3) is 10.9 Å². The number of rotatable bonds is 3. The van der Waals surface area contributed by atoms with Gasteiger partial charge in [-0.25, -0.2) is 0 Å². The van der Waals surface area contributed by atoms with Gasteiger partial charge in [0.2, 0.25) is 0 Å². The van der Waals surface area contributed by atoms with Crippen molar-refractivity contribution in [1.29, 1.82) is 0 Å². The van der Waals surface area contributed by atoms with E-state index in [1.54, 1.807) is 0 Å².